The van der Waals surface area contributed by atoms with Crippen LogP contribution >= 0.6 is 10.7 Å². The van der Waals surface area contributed by atoms with Gasteiger partial charge in [-0.05, 0) is 20.3 Å². The van der Waals surface area contributed by atoms with E-state index in [1.807, 2.05) is 20.8 Å². The number of amides is 1. The second-order valence-electron chi connectivity index (χ2n) is 4.69. The number of carbonyl (C=O) groups is 1. The van der Waals surface area contributed by atoms with Gasteiger partial charge in [-0.3, -0.25) is 4.79 Å². The van der Waals surface area contributed by atoms with Crippen LogP contribution in [0.1, 0.15) is 46.0 Å². The fourth-order valence-corrected chi connectivity index (χ4v) is 2.39. The third-order valence-electron chi connectivity index (χ3n) is 3.15. The van der Waals surface area contributed by atoms with Gasteiger partial charge in [-0.1, -0.05) is 13.8 Å². The molecular formula is C12H20ClN3O3S. The Morgan fingerprint density at radius 3 is 2.50 bits per heavy atom. The highest BCUT2D eigenvalue weighted by atomic mass is 35.7. The molecule has 2 unspecified atom stereocenters. The summed E-state index contributed by atoms with van der Waals surface area (Å²) in [6.45, 7) is 7.42. The zero-order chi connectivity index (χ0) is 15.5. The van der Waals surface area contributed by atoms with Gasteiger partial charge < -0.3 is 9.88 Å². The Morgan fingerprint density at radius 1 is 1.45 bits per heavy atom. The molecule has 1 aromatic rings. The molecule has 0 spiro atoms. The summed E-state index contributed by atoms with van der Waals surface area (Å²) in [5, 5.41) is 2.63. The van der Waals surface area contributed by atoms with Crippen molar-refractivity contribution in [1.29, 1.82) is 0 Å². The molecule has 1 rings (SSSR count). The van der Waals surface area contributed by atoms with E-state index in [0.717, 1.165) is 6.42 Å². The Bertz CT molecular complexity index is 583. The lowest BCUT2D eigenvalue weighted by molar-refractivity contribution is -0.124. The second kappa shape index (κ2) is 6.58. The maximum absolute atomic E-state index is 12.1. The van der Waals surface area contributed by atoms with Crippen LogP contribution < -0.4 is 5.32 Å². The van der Waals surface area contributed by atoms with E-state index in [4.69, 9.17) is 10.7 Å². The van der Waals surface area contributed by atoms with Crippen molar-refractivity contribution in [3.63, 3.8) is 0 Å². The number of nitrogens with zero attached hydrogens (tertiary/aromatic N) is 2. The van der Waals surface area contributed by atoms with E-state index in [-0.39, 0.29) is 17.0 Å². The molecule has 1 amide bonds. The highest BCUT2D eigenvalue weighted by Gasteiger charge is 2.23. The van der Waals surface area contributed by atoms with E-state index >= 15 is 0 Å². The second-order valence-corrected chi connectivity index (χ2v) is 7.20. The molecule has 1 aromatic heterocycles. The van der Waals surface area contributed by atoms with Crippen LogP contribution in [0.2, 0.25) is 0 Å². The van der Waals surface area contributed by atoms with E-state index in [0.29, 0.717) is 12.2 Å². The van der Waals surface area contributed by atoms with Gasteiger partial charge in [0.1, 0.15) is 11.9 Å². The van der Waals surface area contributed by atoms with Gasteiger partial charge >= 0.3 is 0 Å². The van der Waals surface area contributed by atoms with E-state index in [9.17, 15) is 13.2 Å². The fraction of sp³-hybridized carbons (Fsp3) is 0.667. The van der Waals surface area contributed by atoms with Gasteiger partial charge in [0.2, 0.25) is 5.91 Å². The molecule has 0 aromatic carbocycles. The Kier molecular flexibility index (Phi) is 5.59. The van der Waals surface area contributed by atoms with Crippen LogP contribution in [0.4, 0.5) is 0 Å². The molecule has 0 aliphatic rings. The Labute approximate surface area is 123 Å². The lowest BCUT2D eigenvalue weighted by atomic mass is 10.2. The largest absolute Gasteiger partial charge is 0.352 e. The summed E-state index contributed by atoms with van der Waals surface area (Å²) >= 11 is 0. The van der Waals surface area contributed by atoms with Crippen molar-refractivity contribution >= 4 is 25.6 Å². The fourth-order valence-electron chi connectivity index (χ4n) is 1.71. The predicted octanol–water partition coefficient (Wildman–Crippen LogP) is 1.85. The van der Waals surface area contributed by atoms with E-state index < -0.39 is 15.1 Å². The summed E-state index contributed by atoms with van der Waals surface area (Å²) in [4.78, 5) is 16.1. The molecule has 114 valence electrons. The van der Waals surface area contributed by atoms with Crippen LogP contribution in [0, 0.1) is 0 Å². The van der Waals surface area contributed by atoms with Crippen LogP contribution in [0.25, 0.3) is 0 Å². The first-order valence-corrected chi connectivity index (χ1v) is 8.84. The average molecular weight is 322 g/mol. The first kappa shape index (κ1) is 17.0. The number of carbonyl (C=O) groups excluding carboxylic acids is 1. The first-order valence-electron chi connectivity index (χ1n) is 6.53. The number of halogens is 1. The van der Waals surface area contributed by atoms with Crippen molar-refractivity contribution in [3.05, 3.63) is 12.0 Å². The number of hydrogen-bond acceptors (Lipinski definition) is 4. The van der Waals surface area contributed by atoms with Crippen molar-refractivity contribution < 1.29 is 13.2 Å². The van der Waals surface area contributed by atoms with Crippen molar-refractivity contribution in [3.8, 4) is 0 Å². The number of rotatable bonds is 6. The van der Waals surface area contributed by atoms with Gasteiger partial charge in [0, 0.05) is 29.3 Å². The number of aryl methyl sites for hydroxylation is 1. The minimum atomic E-state index is -3.89. The molecule has 0 radical (unpaired) electrons. The molecule has 0 saturated carbocycles. The molecule has 0 saturated heterocycles. The summed E-state index contributed by atoms with van der Waals surface area (Å²) in [5.74, 6) is 0.334. The highest BCUT2D eigenvalue weighted by Crippen LogP contribution is 2.19. The molecule has 0 bridgehead atoms. The van der Waals surface area contributed by atoms with Gasteiger partial charge in [0.25, 0.3) is 9.05 Å². The average Bonchev–Trinajstić information content (AvgIpc) is 2.81. The molecule has 0 aliphatic carbocycles. The lowest BCUT2D eigenvalue weighted by Gasteiger charge is -2.18. The minimum Gasteiger partial charge on any atom is -0.352 e. The number of nitrogens with one attached hydrogen (secondary N) is 1. The van der Waals surface area contributed by atoms with Crippen molar-refractivity contribution in [1.82, 2.24) is 14.9 Å². The van der Waals surface area contributed by atoms with E-state index in [1.54, 1.807) is 11.5 Å². The Balaban J connectivity index is 3.06. The van der Waals surface area contributed by atoms with Crippen LogP contribution in [-0.2, 0) is 20.3 Å². The van der Waals surface area contributed by atoms with Crippen molar-refractivity contribution in [2.75, 3.05) is 0 Å². The molecule has 2 atom stereocenters. The third-order valence-corrected chi connectivity index (χ3v) is 4.32. The summed E-state index contributed by atoms with van der Waals surface area (Å²) < 4.78 is 24.2. The normalized spacial score (nSPS) is 14.8. The molecular weight excluding hydrogens is 302 g/mol. The zero-order valence-corrected chi connectivity index (χ0v) is 13.6. The summed E-state index contributed by atoms with van der Waals surface area (Å²) in [5.41, 5.74) is 0. The maximum Gasteiger partial charge on any atom is 0.280 e. The SMILES string of the molecule is CCc1nc(S(=O)(=O)Cl)cn1C(C)C(=O)NC(C)CC. The standard InChI is InChI=1S/C12H20ClN3O3S/c1-5-8(3)14-12(17)9(4)16-7-11(20(13,18)19)15-10(16)6-2/h7-9H,5-6H2,1-4H3,(H,14,17). The van der Waals surface area contributed by atoms with Crippen molar-refractivity contribution in [2.24, 2.45) is 0 Å². The van der Waals surface area contributed by atoms with Gasteiger partial charge in [-0.2, -0.15) is 0 Å². The van der Waals surface area contributed by atoms with Crippen LogP contribution in [0.15, 0.2) is 11.2 Å². The smallest absolute Gasteiger partial charge is 0.280 e. The maximum atomic E-state index is 12.1. The monoisotopic (exact) mass is 321 g/mol. The first-order chi connectivity index (χ1) is 9.20. The van der Waals surface area contributed by atoms with E-state index in [1.165, 1.54) is 6.20 Å². The molecule has 1 N–H and O–H groups in total. The summed E-state index contributed by atoms with van der Waals surface area (Å²) in [6, 6.07) is -0.478. The van der Waals surface area contributed by atoms with Crippen LogP contribution in [0.5, 0.6) is 0 Å². The molecule has 1 heterocycles. The number of hydrogen-bond donors (Lipinski definition) is 1. The van der Waals surface area contributed by atoms with Gasteiger partial charge in [-0.15, -0.1) is 0 Å². The van der Waals surface area contributed by atoms with Gasteiger partial charge in [-0.25, -0.2) is 13.4 Å². The molecule has 0 aliphatic heterocycles. The van der Waals surface area contributed by atoms with Crippen LogP contribution in [0.3, 0.4) is 0 Å². The Morgan fingerprint density at radius 2 is 2.05 bits per heavy atom. The summed E-state index contributed by atoms with van der Waals surface area (Å²) in [6.07, 6.45) is 2.64. The predicted molar refractivity (Wildman–Crippen MR) is 77.3 cm³/mol. The third kappa shape index (κ3) is 3.96. The lowest BCUT2D eigenvalue weighted by Crippen LogP contribution is -2.37. The number of aromatic nitrogens is 2. The Hall–Kier alpha value is -1.08. The minimum absolute atomic E-state index is 0.0646. The van der Waals surface area contributed by atoms with Crippen LogP contribution in [-0.4, -0.2) is 29.9 Å². The zero-order valence-electron chi connectivity index (χ0n) is 12.1. The molecule has 0 fully saturated rings. The quantitative estimate of drug-likeness (QED) is 0.811. The van der Waals surface area contributed by atoms with Gasteiger partial charge in [0.05, 0.1) is 0 Å². The molecule has 20 heavy (non-hydrogen) atoms. The van der Waals surface area contributed by atoms with E-state index in [2.05, 4.69) is 10.3 Å². The topological polar surface area (TPSA) is 81.1 Å². The summed E-state index contributed by atoms with van der Waals surface area (Å²) in [7, 11) is 1.39. The highest BCUT2D eigenvalue weighted by molar-refractivity contribution is 8.13. The molecule has 6 nitrogen and oxygen atoms in total. The van der Waals surface area contributed by atoms with Gasteiger partial charge in [0.15, 0.2) is 5.03 Å². The van der Waals surface area contributed by atoms with Crippen molar-refractivity contribution in [2.45, 2.75) is 57.6 Å². The number of imidazole rings is 1. The molecule has 8 heteroatoms.